The molecule has 3 aromatic rings. The Labute approximate surface area is 174 Å². The predicted molar refractivity (Wildman–Crippen MR) is 106 cm³/mol. The van der Waals surface area contributed by atoms with Crippen LogP contribution in [0.4, 0.5) is 5.13 Å². The van der Waals surface area contributed by atoms with Crippen LogP contribution >= 0.6 is 11.3 Å². The van der Waals surface area contributed by atoms with Crippen molar-refractivity contribution in [3.8, 4) is 0 Å². The summed E-state index contributed by atoms with van der Waals surface area (Å²) in [5, 5.41) is 11.0. The molecule has 1 aromatic heterocycles. The number of nitrogens with one attached hydrogen (secondary N) is 1. The van der Waals surface area contributed by atoms with E-state index in [2.05, 4.69) is 20.3 Å². The highest BCUT2D eigenvalue weighted by Gasteiger charge is 2.35. The van der Waals surface area contributed by atoms with Crippen molar-refractivity contribution in [3.05, 3.63) is 75.8 Å². The van der Waals surface area contributed by atoms with E-state index >= 15 is 0 Å². The molecule has 2 aromatic carbocycles. The molecule has 0 unspecified atom stereocenters. The molecule has 0 saturated heterocycles. The van der Waals surface area contributed by atoms with Gasteiger partial charge in [-0.2, -0.15) is 0 Å². The van der Waals surface area contributed by atoms with Crippen molar-refractivity contribution >= 4 is 40.2 Å². The molecule has 9 nitrogen and oxygen atoms in total. The van der Waals surface area contributed by atoms with E-state index in [1.807, 2.05) is 0 Å². The number of esters is 1. The van der Waals surface area contributed by atoms with E-state index in [-0.39, 0.29) is 22.8 Å². The molecule has 2 heterocycles. The molecule has 0 aliphatic carbocycles. The normalized spacial score (nSPS) is 12.6. The fourth-order valence-electron chi connectivity index (χ4n) is 2.96. The summed E-state index contributed by atoms with van der Waals surface area (Å²) in [7, 11) is 1.26. The van der Waals surface area contributed by atoms with Gasteiger partial charge < -0.3 is 4.74 Å². The molecule has 0 saturated carbocycles. The van der Waals surface area contributed by atoms with E-state index in [0.717, 1.165) is 16.2 Å². The number of carbonyl (C=O) groups is 4. The van der Waals surface area contributed by atoms with Crippen LogP contribution in [0.3, 0.4) is 0 Å². The lowest BCUT2D eigenvalue weighted by atomic mass is 10.1. The van der Waals surface area contributed by atoms with E-state index in [0.29, 0.717) is 16.1 Å². The van der Waals surface area contributed by atoms with Crippen LogP contribution in [0.25, 0.3) is 0 Å². The fourth-order valence-corrected chi connectivity index (χ4v) is 3.68. The highest BCUT2D eigenvalue weighted by atomic mass is 32.1. The number of rotatable bonds is 5. The molecule has 150 valence electrons. The van der Waals surface area contributed by atoms with Crippen LogP contribution in [0.1, 0.15) is 46.4 Å². The Morgan fingerprint density at radius 2 is 1.67 bits per heavy atom. The molecule has 0 spiro atoms. The van der Waals surface area contributed by atoms with Crippen molar-refractivity contribution in [3.63, 3.8) is 0 Å². The molecule has 1 aliphatic heterocycles. The van der Waals surface area contributed by atoms with Crippen molar-refractivity contribution in [1.82, 2.24) is 15.1 Å². The molecule has 0 atom stereocenters. The summed E-state index contributed by atoms with van der Waals surface area (Å²) in [5.41, 5.74) is 1.20. The van der Waals surface area contributed by atoms with Crippen LogP contribution in [0.15, 0.2) is 48.5 Å². The van der Waals surface area contributed by atoms with Gasteiger partial charge in [-0.3, -0.25) is 24.6 Å². The zero-order chi connectivity index (χ0) is 21.3. The minimum atomic E-state index is -0.552. The minimum Gasteiger partial charge on any atom is -0.465 e. The summed E-state index contributed by atoms with van der Waals surface area (Å²) < 4.78 is 4.65. The fraction of sp³-hybridized carbons (Fsp3) is 0.100. The minimum absolute atomic E-state index is 0.0439. The van der Waals surface area contributed by atoms with Gasteiger partial charge >= 0.3 is 5.97 Å². The predicted octanol–water partition coefficient (Wildman–Crippen LogP) is 2.37. The lowest BCUT2D eigenvalue weighted by molar-refractivity contribution is 0.0597. The lowest BCUT2D eigenvalue weighted by Gasteiger charge is -2.10. The maximum atomic E-state index is 12.4. The van der Waals surface area contributed by atoms with Crippen LogP contribution in [0.2, 0.25) is 0 Å². The molecular weight excluding hydrogens is 408 g/mol. The van der Waals surface area contributed by atoms with Gasteiger partial charge in [-0.05, 0) is 30.3 Å². The van der Waals surface area contributed by atoms with Crippen LogP contribution in [-0.2, 0) is 11.3 Å². The van der Waals surface area contributed by atoms with Crippen molar-refractivity contribution in [2.24, 2.45) is 0 Å². The van der Waals surface area contributed by atoms with Crippen molar-refractivity contribution in [2.45, 2.75) is 6.54 Å². The quantitative estimate of drug-likeness (QED) is 0.495. The van der Waals surface area contributed by atoms with E-state index in [4.69, 9.17) is 0 Å². The van der Waals surface area contributed by atoms with Crippen molar-refractivity contribution in [1.29, 1.82) is 0 Å². The summed E-state index contributed by atoms with van der Waals surface area (Å²) in [6.07, 6.45) is 0. The number of hydrogen-bond acceptors (Lipinski definition) is 8. The number of anilines is 1. The number of methoxy groups -OCH3 is 1. The number of nitrogens with zero attached hydrogens (tertiary/aromatic N) is 3. The summed E-state index contributed by atoms with van der Waals surface area (Å²) in [6, 6.07) is 12.6. The average Bonchev–Trinajstić information content (AvgIpc) is 3.31. The van der Waals surface area contributed by atoms with E-state index in [9.17, 15) is 19.2 Å². The Hall–Kier alpha value is -3.92. The van der Waals surface area contributed by atoms with Gasteiger partial charge in [-0.1, -0.05) is 29.5 Å². The number of imide groups is 1. The van der Waals surface area contributed by atoms with Crippen LogP contribution in [0, 0.1) is 0 Å². The first kappa shape index (κ1) is 19.4. The highest BCUT2D eigenvalue weighted by Crippen LogP contribution is 2.26. The molecule has 0 bridgehead atoms. The summed E-state index contributed by atoms with van der Waals surface area (Å²) in [4.78, 5) is 50.0. The average molecular weight is 422 g/mol. The van der Waals surface area contributed by atoms with Crippen LogP contribution < -0.4 is 5.32 Å². The van der Waals surface area contributed by atoms with Gasteiger partial charge in [0.1, 0.15) is 5.01 Å². The highest BCUT2D eigenvalue weighted by molar-refractivity contribution is 7.15. The third-order valence-corrected chi connectivity index (χ3v) is 5.23. The summed E-state index contributed by atoms with van der Waals surface area (Å²) in [6.45, 7) is -0.0439. The van der Waals surface area contributed by atoms with Gasteiger partial charge in [-0.25, -0.2) is 4.79 Å². The standard InChI is InChI=1S/C20H14N4O5S/c1-29-19(28)12-6-4-5-11(9-12)16(25)21-20-23-22-15(30-20)10-24-17(26)13-7-2-3-8-14(13)18(24)27/h2-9H,10H2,1H3,(H,21,23,25). The molecule has 0 radical (unpaired) electrons. The zero-order valence-electron chi connectivity index (χ0n) is 15.6. The maximum Gasteiger partial charge on any atom is 0.337 e. The van der Waals surface area contributed by atoms with Gasteiger partial charge in [0.15, 0.2) is 0 Å². The van der Waals surface area contributed by atoms with Crippen molar-refractivity contribution in [2.75, 3.05) is 12.4 Å². The van der Waals surface area contributed by atoms with Gasteiger partial charge in [0, 0.05) is 5.56 Å². The molecular formula is C20H14N4O5S. The summed E-state index contributed by atoms with van der Waals surface area (Å²) >= 11 is 1.05. The van der Waals surface area contributed by atoms with E-state index in [1.54, 1.807) is 36.4 Å². The Kier molecular flexibility index (Phi) is 5.07. The SMILES string of the molecule is COC(=O)c1cccc(C(=O)Nc2nnc(CN3C(=O)c4ccccc4C3=O)s2)c1. The Morgan fingerprint density at radius 3 is 2.33 bits per heavy atom. The summed E-state index contributed by atoms with van der Waals surface area (Å²) in [5.74, 6) is -1.82. The van der Waals surface area contributed by atoms with Crippen molar-refractivity contribution < 1.29 is 23.9 Å². The number of ether oxygens (including phenoxy) is 1. The van der Waals surface area contributed by atoms with Gasteiger partial charge in [0.2, 0.25) is 5.13 Å². The molecule has 4 rings (SSSR count). The molecule has 10 heteroatoms. The second kappa shape index (κ2) is 7.84. The molecule has 0 fully saturated rings. The second-order valence-electron chi connectivity index (χ2n) is 6.27. The Morgan fingerprint density at radius 1 is 1.00 bits per heavy atom. The molecule has 3 amide bonds. The monoisotopic (exact) mass is 422 g/mol. The molecule has 1 N–H and O–H groups in total. The molecule has 30 heavy (non-hydrogen) atoms. The first-order valence-corrected chi connectivity index (χ1v) is 9.57. The Bertz CT molecular complexity index is 1150. The second-order valence-corrected chi connectivity index (χ2v) is 7.33. The third kappa shape index (κ3) is 3.55. The smallest absolute Gasteiger partial charge is 0.337 e. The first-order chi connectivity index (χ1) is 14.5. The number of fused-ring (bicyclic) bond motifs is 1. The first-order valence-electron chi connectivity index (χ1n) is 8.75. The van der Waals surface area contributed by atoms with E-state index < -0.39 is 23.7 Å². The zero-order valence-corrected chi connectivity index (χ0v) is 16.4. The Balaban J connectivity index is 1.45. The number of carbonyl (C=O) groups excluding carboxylic acids is 4. The van der Waals surface area contributed by atoms with Gasteiger partial charge in [-0.15, -0.1) is 10.2 Å². The number of benzene rings is 2. The van der Waals surface area contributed by atoms with E-state index in [1.165, 1.54) is 19.2 Å². The molecule has 1 aliphatic rings. The lowest BCUT2D eigenvalue weighted by Crippen LogP contribution is -2.29. The van der Waals surface area contributed by atoms with Crippen LogP contribution in [-0.4, -0.2) is 45.9 Å². The number of hydrogen-bond donors (Lipinski definition) is 1. The topological polar surface area (TPSA) is 119 Å². The number of aromatic nitrogens is 2. The van der Waals surface area contributed by atoms with Gasteiger partial charge in [0.05, 0.1) is 30.3 Å². The largest absolute Gasteiger partial charge is 0.465 e. The van der Waals surface area contributed by atoms with Crippen LogP contribution in [0.5, 0.6) is 0 Å². The third-order valence-electron chi connectivity index (χ3n) is 4.40. The maximum absolute atomic E-state index is 12.4. The van der Waals surface area contributed by atoms with Gasteiger partial charge in [0.25, 0.3) is 17.7 Å². The number of amides is 3.